The van der Waals surface area contributed by atoms with Crippen LogP contribution in [0.3, 0.4) is 0 Å². The second kappa shape index (κ2) is 8.99. The number of esters is 1. The number of aromatic nitrogens is 1. The van der Waals surface area contributed by atoms with Crippen LogP contribution in [0.5, 0.6) is 11.5 Å². The quantitative estimate of drug-likeness (QED) is 0.403. The van der Waals surface area contributed by atoms with Crippen molar-refractivity contribution in [1.82, 2.24) is 4.98 Å². The molecule has 0 aliphatic carbocycles. The number of ether oxygens (including phenoxy) is 2. The molecule has 0 unspecified atom stereocenters. The van der Waals surface area contributed by atoms with Crippen LogP contribution in [0.2, 0.25) is 0 Å². The fourth-order valence-corrected chi connectivity index (χ4v) is 2.69. The van der Waals surface area contributed by atoms with Gasteiger partial charge in [-0.05, 0) is 36.4 Å². The minimum atomic E-state index is -4.73. The van der Waals surface area contributed by atoms with E-state index in [9.17, 15) is 26.7 Å². The van der Waals surface area contributed by atoms with Gasteiger partial charge in [0.05, 0.1) is 12.7 Å². The van der Waals surface area contributed by atoms with Gasteiger partial charge in [-0.15, -0.1) is 0 Å². The molecule has 0 radical (unpaired) electrons. The Labute approximate surface area is 173 Å². The van der Waals surface area contributed by atoms with Crippen molar-refractivity contribution in [3.63, 3.8) is 0 Å². The van der Waals surface area contributed by atoms with Gasteiger partial charge >= 0.3 is 12.1 Å². The molecule has 5 nitrogen and oxygen atoms in total. The molecule has 0 saturated carbocycles. The molecule has 0 spiro atoms. The van der Waals surface area contributed by atoms with Gasteiger partial charge in [0.15, 0.2) is 11.4 Å². The number of methoxy groups -OCH3 is 1. The molecule has 1 heterocycles. The molecule has 10 heteroatoms. The third-order valence-corrected chi connectivity index (χ3v) is 4.15. The number of rotatable bonds is 6. The highest BCUT2D eigenvalue weighted by Crippen LogP contribution is 2.37. The highest BCUT2D eigenvalue weighted by Gasteiger charge is 2.36. The summed E-state index contributed by atoms with van der Waals surface area (Å²) in [6.45, 7) is -0.0862. The Balaban J connectivity index is 1.88. The Hall–Kier alpha value is -3.69. The van der Waals surface area contributed by atoms with Crippen LogP contribution >= 0.6 is 0 Å². The molecule has 0 bridgehead atoms. The summed E-state index contributed by atoms with van der Waals surface area (Å²) in [6.07, 6.45) is -3.75. The van der Waals surface area contributed by atoms with Gasteiger partial charge in [0.25, 0.3) is 0 Å². The fourth-order valence-electron chi connectivity index (χ4n) is 2.69. The summed E-state index contributed by atoms with van der Waals surface area (Å²) in [4.78, 5) is 15.5. The Morgan fingerprint density at radius 1 is 1.10 bits per heavy atom. The molecule has 1 aromatic heterocycles. The van der Waals surface area contributed by atoms with Gasteiger partial charge in [-0.2, -0.15) is 13.2 Å². The number of nitrogens with zero attached hydrogens (tertiary/aromatic N) is 1. The van der Waals surface area contributed by atoms with E-state index in [1.807, 2.05) is 0 Å². The van der Waals surface area contributed by atoms with Crippen LogP contribution in [0.4, 0.5) is 27.6 Å². The normalized spacial score (nSPS) is 11.2. The van der Waals surface area contributed by atoms with Gasteiger partial charge in [-0.25, -0.2) is 18.6 Å². The number of anilines is 1. The van der Waals surface area contributed by atoms with Gasteiger partial charge in [0, 0.05) is 30.1 Å². The Morgan fingerprint density at radius 3 is 2.55 bits per heavy atom. The van der Waals surface area contributed by atoms with Crippen molar-refractivity contribution in [3.8, 4) is 11.5 Å². The lowest BCUT2D eigenvalue weighted by atomic mass is 10.1. The maximum Gasteiger partial charge on any atom is 0.437 e. The van der Waals surface area contributed by atoms with Gasteiger partial charge in [-0.1, -0.05) is 6.07 Å². The fraction of sp³-hybridized carbons (Fsp3) is 0.143. The number of nitrogens with one attached hydrogen (secondary N) is 1. The molecular weight excluding hydrogens is 423 g/mol. The second-order valence-corrected chi connectivity index (χ2v) is 6.24. The average Bonchev–Trinajstić information content (AvgIpc) is 2.73. The van der Waals surface area contributed by atoms with Crippen molar-refractivity contribution in [2.75, 3.05) is 12.4 Å². The van der Waals surface area contributed by atoms with E-state index in [4.69, 9.17) is 9.47 Å². The Kier molecular flexibility index (Phi) is 6.38. The zero-order valence-electron chi connectivity index (χ0n) is 16.0. The van der Waals surface area contributed by atoms with Crippen LogP contribution in [-0.4, -0.2) is 18.1 Å². The SMILES string of the molecule is COC(=O)c1cc(Oc2cccnc2C(F)(F)F)ccc1NCc1ccc(F)cc1F. The number of pyridine rings is 1. The first-order chi connectivity index (χ1) is 14.7. The predicted molar refractivity (Wildman–Crippen MR) is 101 cm³/mol. The molecule has 2 aromatic carbocycles. The topological polar surface area (TPSA) is 60.5 Å². The number of alkyl halides is 3. The summed E-state index contributed by atoms with van der Waals surface area (Å²) in [5.41, 5.74) is -0.920. The van der Waals surface area contributed by atoms with Gasteiger partial charge in [0.2, 0.25) is 0 Å². The number of hydrogen-bond acceptors (Lipinski definition) is 5. The van der Waals surface area contributed by atoms with E-state index < -0.39 is 35.2 Å². The van der Waals surface area contributed by atoms with Crippen LogP contribution in [0, 0.1) is 11.6 Å². The molecule has 0 aliphatic rings. The highest BCUT2D eigenvalue weighted by atomic mass is 19.4. The summed E-state index contributed by atoms with van der Waals surface area (Å²) in [6, 6.07) is 9.30. The van der Waals surface area contributed by atoms with E-state index in [0.29, 0.717) is 0 Å². The van der Waals surface area contributed by atoms with Crippen molar-refractivity contribution in [2.24, 2.45) is 0 Å². The van der Waals surface area contributed by atoms with Crippen molar-refractivity contribution in [2.45, 2.75) is 12.7 Å². The van der Waals surface area contributed by atoms with Crippen molar-refractivity contribution < 1.29 is 36.2 Å². The molecule has 31 heavy (non-hydrogen) atoms. The van der Waals surface area contributed by atoms with E-state index in [0.717, 1.165) is 31.5 Å². The van der Waals surface area contributed by atoms with Crippen LogP contribution in [0.1, 0.15) is 21.6 Å². The van der Waals surface area contributed by atoms with Crippen molar-refractivity contribution >= 4 is 11.7 Å². The average molecular weight is 438 g/mol. The molecule has 162 valence electrons. The third-order valence-electron chi connectivity index (χ3n) is 4.15. The summed E-state index contributed by atoms with van der Waals surface area (Å²) >= 11 is 0. The molecule has 3 rings (SSSR count). The van der Waals surface area contributed by atoms with E-state index in [2.05, 4.69) is 10.3 Å². The Morgan fingerprint density at radius 2 is 1.87 bits per heavy atom. The number of carbonyl (C=O) groups is 1. The molecule has 0 atom stereocenters. The maximum atomic E-state index is 13.8. The molecule has 0 aliphatic heterocycles. The maximum absolute atomic E-state index is 13.8. The standard InChI is InChI=1S/C21H15F5N2O3/c1-30-20(29)15-10-14(31-18-3-2-8-27-19(18)21(24,25)26)6-7-17(15)28-11-12-4-5-13(22)9-16(12)23/h2-10,28H,11H2,1H3. The smallest absolute Gasteiger partial charge is 0.437 e. The Bertz CT molecular complexity index is 1100. The van der Waals surface area contributed by atoms with E-state index in [1.165, 1.54) is 30.3 Å². The van der Waals surface area contributed by atoms with E-state index >= 15 is 0 Å². The third kappa shape index (κ3) is 5.27. The summed E-state index contributed by atoms with van der Waals surface area (Å²) in [7, 11) is 1.13. The number of benzene rings is 2. The first-order valence-corrected chi connectivity index (χ1v) is 8.79. The first-order valence-electron chi connectivity index (χ1n) is 8.79. The van der Waals surface area contributed by atoms with Gasteiger partial charge < -0.3 is 14.8 Å². The van der Waals surface area contributed by atoms with Crippen LogP contribution in [0.25, 0.3) is 0 Å². The zero-order chi connectivity index (χ0) is 22.6. The molecule has 0 fully saturated rings. The van der Waals surface area contributed by atoms with E-state index in [1.54, 1.807) is 0 Å². The van der Waals surface area contributed by atoms with Crippen LogP contribution < -0.4 is 10.1 Å². The first kappa shape index (κ1) is 22.0. The van der Waals surface area contributed by atoms with Crippen LogP contribution in [-0.2, 0) is 17.5 Å². The molecular formula is C21H15F5N2O3. The number of hydrogen-bond donors (Lipinski definition) is 1. The lowest BCUT2D eigenvalue weighted by Crippen LogP contribution is -2.11. The van der Waals surface area contributed by atoms with E-state index in [-0.39, 0.29) is 29.1 Å². The van der Waals surface area contributed by atoms with Gasteiger partial charge in [-0.3, -0.25) is 0 Å². The molecule has 1 N–H and O–H groups in total. The summed E-state index contributed by atoms with van der Waals surface area (Å²) in [5, 5.41) is 2.82. The zero-order valence-corrected chi connectivity index (χ0v) is 16.0. The highest BCUT2D eigenvalue weighted by molar-refractivity contribution is 5.96. The largest absolute Gasteiger partial charge is 0.465 e. The number of halogens is 5. The van der Waals surface area contributed by atoms with Crippen molar-refractivity contribution in [1.29, 1.82) is 0 Å². The molecule has 3 aromatic rings. The van der Waals surface area contributed by atoms with Crippen molar-refractivity contribution in [3.05, 3.63) is 83.2 Å². The number of carbonyl (C=O) groups excluding carboxylic acids is 1. The molecule has 0 amide bonds. The van der Waals surface area contributed by atoms with Gasteiger partial charge in [0.1, 0.15) is 17.4 Å². The minimum absolute atomic E-state index is 0.0556. The summed E-state index contributed by atoms with van der Waals surface area (Å²) < 4.78 is 76.2. The lowest BCUT2D eigenvalue weighted by molar-refractivity contribution is -0.142. The lowest BCUT2D eigenvalue weighted by Gasteiger charge is -2.15. The predicted octanol–water partition coefficient (Wildman–Crippen LogP) is 5.57. The molecule has 0 saturated heterocycles. The summed E-state index contributed by atoms with van der Waals surface area (Å²) in [5.74, 6) is -2.91. The minimum Gasteiger partial charge on any atom is -0.465 e. The second-order valence-electron chi connectivity index (χ2n) is 6.24. The van der Waals surface area contributed by atoms with Crippen LogP contribution in [0.15, 0.2) is 54.7 Å². The monoisotopic (exact) mass is 438 g/mol.